The first kappa shape index (κ1) is 16.4. The molecule has 0 unspecified atom stereocenters. The summed E-state index contributed by atoms with van der Waals surface area (Å²) in [4.78, 5) is 5.62. The van der Waals surface area contributed by atoms with E-state index in [1.807, 2.05) is 7.05 Å². The van der Waals surface area contributed by atoms with Crippen molar-refractivity contribution in [1.29, 1.82) is 0 Å². The van der Waals surface area contributed by atoms with Crippen molar-refractivity contribution in [3.8, 4) is 0 Å². The summed E-state index contributed by atoms with van der Waals surface area (Å²) in [6, 6.07) is 0. The summed E-state index contributed by atoms with van der Waals surface area (Å²) in [6.45, 7) is 3.69. The van der Waals surface area contributed by atoms with E-state index < -0.39 is 12.8 Å². The number of ether oxygens (including phenoxy) is 1. The van der Waals surface area contributed by atoms with Crippen LogP contribution in [0.15, 0.2) is 0 Å². The van der Waals surface area contributed by atoms with E-state index in [1.165, 1.54) is 11.3 Å². The molecule has 1 N–H and O–H groups in total. The zero-order chi connectivity index (χ0) is 14.5. The molecule has 0 amide bonds. The lowest BCUT2D eigenvalue weighted by atomic mass is 10.1. The molecular weight excluding hydrogens is 277 g/mol. The first-order valence-corrected chi connectivity index (χ1v) is 6.92. The Hall–Kier alpha value is -0.660. The van der Waals surface area contributed by atoms with E-state index in [9.17, 15) is 13.2 Å². The second-order valence-electron chi connectivity index (χ2n) is 4.52. The second kappa shape index (κ2) is 7.21. The van der Waals surface area contributed by atoms with Crippen LogP contribution in [0.3, 0.4) is 0 Å². The quantitative estimate of drug-likeness (QED) is 0.785. The van der Waals surface area contributed by atoms with E-state index >= 15 is 0 Å². The molecule has 0 saturated heterocycles. The van der Waals surface area contributed by atoms with E-state index in [4.69, 9.17) is 0 Å². The molecule has 0 aliphatic rings. The highest BCUT2D eigenvalue weighted by Crippen LogP contribution is 2.25. The summed E-state index contributed by atoms with van der Waals surface area (Å²) < 4.78 is 40.3. The predicted molar refractivity (Wildman–Crippen MR) is 69.5 cm³/mol. The van der Waals surface area contributed by atoms with E-state index in [0.29, 0.717) is 12.3 Å². The zero-order valence-electron chi connectivity index (χ0n) is 11.3. The Morgan fingerprint density at radius 1 is 1.37 bits per heavy atom. The van der Waals surface area contributed by atoms with Crippen LogP contribution in [0.4, 0.5) is 13.2 Å². The van der Waals surface area contributed by atoms with Gasteiger partial charge >= 0.3 is 6.18 Å². The van der Waals surface area contributed by atoms with Gasteiger partial charge in [-0.1, -0.05) is 13.8 Å². The van der Waals surface area contributed by atoms with E-state index in [1.54, 1.807) is 0 Å². The molecule has 0 aromatic carbocycles. The maximum absolute atomic E-state index is 11.9. The Kier molecular flexibility index (Phi) is 6.22. The molecule has 0 saturated carbocycles. The number of hydrogen-bond donors (Lipinski definition) is 1. The molecule has 0 atom stereocenters. The molecule has 1 rings (SSSR count). The van der Waals surface area contributed by atoms with Crippen LogP contribution in [0.1, 0.15) is 35.3 Å². The number of hydrogen-bond acceptors (Lipinski definition) is 4. The van der Waals surface area contributed by atoms with Crippen molar-refractivity contribution in [3.63, 3.8) is 0 Å². The summed E-state index contributed by atoms with van der Waals surface area (Å²) in [5, 5.41) is 3.90. The van der Waals surface area contributed by atoms with Crippen molar-refractivity contribution in [3.05, 3.63) is 15.6 Å². The lowest BCUT2D eigenvalue weighted by molar-refractivity contribution is -0.173. The van der Waals surface area contributed by atoms with Crippen LogP contribution in [0.25, 0.3) is 0 Å². The van der Waals surface area contributed by atoms with Crippen molar-refractivity contribution in [2.45, 2.75) is 38.9 Å². The van der Waals surface area contributed by atoms with Gasteiger partial charge in [0.1, 0.15) is 6.61 Å². The highest BCUT2D eigenvalue weighted by molar-refractivity contribution is 7.11. The molecule has 1 heterocycles. The van der Waals surface area contributed by atoms with Gasteiger partial charge in [-0.05, 0) is 13.0 Å². The predicted octanol–water partition coefficient (Wildman–Crippen LogP) is 3.11. The minimum absolute atomic E-state index is 0.0452. The van der Waals surface area contributed by atoms with Gasteiger partial charge in [0.15, 0.2) is 0 Å². The fraction of sp³-hybridized carbons (Fsp3) is 0.750. The molecule has 0 bridgehead atoms. The van der Waals surface area contributed by atoms with E-state index in [-0.39, 0.29) is 6.61 Å². The van der Waals surface area contributed by atoms with Crippen LogP contribution >= 0.6 is 11.3 Å². The van der Waals surface area contributed by atoms with Crippen LogP contribution in [0.2, 0.25) is 0 Å². The van der Waals surface area contributed by atoms with Crippen LogP contribution in [-0.2, 0) is 17.7 Å². The van der Waals surface area contributed by atoms with Gasteiger partial charge < -0.3 is 10.1 Å². The summed E-state index contributed by atoms with van der Waals surface area (Å²) in [5.74, 6) is 0.310. The number of thiazole rings is 1. The first-order valence-electron chi connectivity index (χ1n) is 6.11. The third kappa shape index (κ3) is 5.88. The molecule has 0 fully saturated rings. The van der Waals surface area contributed by atoms with Gasteiger partial charge in [0.05, 0.1) is 17.3 Å². The maximum Gasteiger partial charge on any atom is 0.411 e. The third-order valence-corrected chi connectivity index (χ3v) is 3.51. The zero-order valence-corrected chi connectivity index (χ0v) is 12.1. The highest BCUT2D eigenvalue weighted by Gasteiger charge is 2.27. The SMILES string of the molecule is CNCc1sc(CCOCC(F)(F)F)nc1C(C)C. The van der Waals surface area contributed by atoms with Crippen LogP contribution < -0.4 is 5.32 Å². The Morgan fingerprint density at radius 3 is 2.58 bits per heavy atom. The lowest BCUT2D eigenvalue weighted by Gasteiger charge is -2.06. The number of aromatic nitrogens is 1. The molecule has 0 aliphatic heterocycles. The Bertz CT molecular complexity index is 391. The minimum Gasteiger partial charge on any atom is -0.372 e. The highest BCUT2D eigenvalue weighted by atomic mass is 32.1. The molecule has 0 aliphatic carbocycles. The fourth-order valence-electron chi connectivity index (χ4n) is 1.61. The smallest absolute Gasteiger partial charge is 0.372 e. The molecule has 110 valence electrons. The largest absolute Gasteiger partial charge is 0.411 e. The summed E-state index contributed by atoms with van der Waals surface area (Å²) in [5.41, 5.74) is 1.02. The number of nitrogens with one attached hydrogen (secondary N) is 1. The Labute approximate surface area is 115 Å². The normalized spacial score (nSPS) is 12.4. The number of halogens is 3. The second-order valence-corrected chi connectivity index (χ2v) is 5.69. The fourth-order valence-corrected chi connectivity index (χ4v) is 2.82. The Balaban J connectivity index is 2.52. The number of alkyl halides is 3. The molecule has 1 aromatic rings. The van der Waals surface area contributed by atoms with Gasteiger partial charge in [-0.3, -0.25) is 0 Å². The van der Waals surface area contributed by atoms with Gasteiger partial charge in [0.2, 0.25) is 0 Å². The van der Waals surface area contributed by atoms with Gasteiger partial charge in [-0.15, -0.1) is 11.3 Å². The van der Waals surface area contributed by atoms with Crippen molar-refractivity contribution in [2.75, 3.05) is 20.3 Å². The van der Waals surface area contributed by atoms with Gasteiger partial charge in [-0.25, -0.2) is 4.98 Å². The monoisotopic (exact) mass is 296 g/mol. The van der Waals surface area contributed by atoms with Gasteiger partial charge in [0.25, 0.3) is 0 Å². The third-order valence-electron chi connectivity index (χ3n) is 2.38. The van der Waals surface area contributed by atoms with Crippen molar-refractivity contribution >= 4 is 11.3 Å². The summed E-state index contributed by atoms with van der Waals surface area (Å²) >= 11 is 1.54. The molecule has 0 spiro atoms. The van der Waals surface area contributed by atoms with Crippen molar-refractivity contribution < 1.29 is 17.9 Å². The lowest BCUT2D eigenvalue weighted by Crippen LogP contribution is -2.17. The molecule has 7 heteroatoms. The minimum atomic E-state index is -4.26. The summed E-state index contributed by atoms with van der Waals surface area (Å²) in [6.07, 6.45) is -3.84. The standard InChI is InChI=1S/C12H19F3N2OS/c1-8(2)11-9(6-16-3)19-10(17-11)4-5-18-7-12(13,14)15/h8,16H,4-7H2,1-3H3. The van der Waals surface area contributed by atoms with Crippen molar-refractivity contribution in [1.82, 2.24) is 10.3 Å². The van der Waals surface area contributed by atoms with Gasteiger partial charge in [-0.2, -0.15) is 13.2 Å². The van der Waals surface area contributed by atoms with Crippen LogP contribution in [0, 0.1) is 0 Å². The van der Waals surface area contributed by atoms with E-state index in [2.05, 4.69) is 28.9 Å². The van der Waals surface area contributed by atoms with E-state index in [0.717, 1.165) is 22.1 Å². The Morgan fingerprint density at radius 2 is 2.05 bits per heavy atom. The topological polar surface area (TPSA) is 34.1 Å². The molecule has 19 heavy (non-hydrogen) atoms. The number of nitrogens with zero attached hydrogens (tertiary/aromatic N) is 1. The van der Waals surface area contributed by atoms with Gasteiger partial charge in [0, 0.05) is 17.8 Å². The molecule has 0 radical (unpaired) electrons. The van der Waals surface area contributed by atoms with Crippen molar-refractivity contribution in [2.24, 2.45) is 0 Å². The summed E-state index contributed by atoms with van der Waals surface area (Å²) in [7, 11) is 1.86. The average molecular weight is 296 g/mol. The average Bonchev–Trinajstić information content (AvgIpc) is 2.67. The maximum atomic E-state index is 11.9. The first-order chi connectivity index (χ1) is 8.83. The van der Waals surface area contributed by atoms with Crippen LogP contribution in [-0.4, -0.2) is 31.4 Å². The molecule has 1 aromatic heterocycles. The molecule has 3 nitrogen and oxygen atoms in total. The van der Waals surface area contributed by atoms with Crippen LogP contribution in [0.5, 0.6) is 0 Å². The molecular formula is C12H19F3N2OS. The number of rotatable bonds is 7.